The van der Waals surface area contributed by atoms with Crippen molar-refractivity contribution in [2.75, 3.05) is 6.54 Å². The second-order valence-corrected chi connectivity index (χ2v) is 7.00. The van der Waals surface area contributed by atoms with Gasteiger partial charge in [0.25, 0.3) is 5.91 Å². The van der Waals surface area contributed by atoms with Crippen LogP contribution in [0.1, 0.15) is 17.5 Å². The van der Waals surface area contributed by atoms with Crippen LogP contribution in [-0.2, 0) is 11.2 Å². The molecule has 24 heavy (non-hydrogen) atoms. The number of rotatable bonds is 5. The fourth-order valence-corrected chi connectivity index (χ4v) is 3.79. The Morgan fingerprint density at radius 3 is 2.75 bits per heavy atom. The maximum atomic E-state index is 12.6. The highest BCUT2D eigenvalue weighted by molar-refractivity contribution is 8.18. The molecule has 0 bridgehead atoms. The van der Waals surface area contributed by atoms with E-state index in [-0.39, 0.29) is 5.91 Å². The van der Waals surface area contributed by atoms with E-state index >= 15 is 0 Å². The molecule has 2 aromatic rings. The molecule has 0 N–H and O–H groups in total. The van der Waals surface area contributed by atoms with E-state index in [0.717, 1.165) is 17.0 Å². The molecule has 7 heteroatoms. The molecule has 5 nitrogen and oxygen atoms in total. The second kappa shape index (κ2) is 7.55. The summed E-state index contributed by atoms with van der Waals surface area (Å²) in [6, 6.07) is 9.77. The first kappa shape index (κ1) is 16.6. The first-order valence-electron chi connectivity index (χ1n) is 7.49. The summed E-state index contributed by atoms with van der Waals surface area (Å²) < 4.78 is 0. The highest BCUT2D eigenvalue weighted by atomic mass is 32.2. The van der Waals surface area contributed by atoms with E-state index in [1.54, 1.807) is 11.0 Å². The van der Waals surface area contributed by atoms with Gasteiger partial charge in [0, 0.05) is 6.54 Å². The van der Waals surface area contributed by atoms with Crippen molar-refractivity contribution in [2.45, 2.75) is 13.3 Å². The van der Waals surface area contributed by atoms with Gasteiger partial charge in [-0.3, -0.25) is 9.69 Å². The Kier molecular flexibility index (Phi) is 5.22. The average Bonchev–Trinajstić information content (AvgIpc) is 3.16. The molecule has 1 fully saturated rings. The van der Waals surface area contributed by atoms with Crippen LogP contribution in [0, 0.1) is 0 Å². The maximum Gasteiger partial charge on any atom is 0.267 e. The average molecular weight is 356 g/mol. The summed E-state index contributed by atoms with van der Waals surface area (Å²) >= 11 is 2.79. The van der Waals surface area contributed by atoms with Gasteiger partial charge in [-0.1, -0.05) is 54.7 Å². The number of aliphatic imine (C=N–C) groups is 1. The summed E-state index contributed by atoms with van der Waals surface area (Å²) in [6.07, 6.45) is 4.39. The Hall–Kier alpha value is -2.25. The van der Waals surface area contributed by atoms with E-state index in [4.69, 9.17) is 0 Å². The molecule has 1 amide bonds. The zero-order valence-electron chi connectivity index (χ0n) is 13.2. The van der Waals surface area contributed by atoms with Crippen LogP contribution in [0.2, 0.25) is 0 Å². The summed E-state index contributed by atoms with van der Waals surface area (Å²) in [6.45, 7) is 6.16. The van der Waals surface area contributed by atoms with Gasteiger partial charge >= 0.3 is 0 Å². The van der Waals surface area contributed by atoms with E-state index in [1.807, 2.05) is 43.3 Å². The molecule has 1 aromatic carbocycles. The summed E-state index contributed by atoms with van der Waals surface area (Å²) in [5.41, 5.74) is 0.984. The van der Waals surface area contributed by atoms with Gasteiger partial charge < -0.3 is 0 Å². The molecule has 1 aromatic heterocycles. The SMILES string of the molecule is C=CCN1C(=O)/C(=C/c2ccccc2)SC1=Nc1nnc(CC)s1. The van der Waals surface area contributed by atoms with E-state index in [1.165, 1.54) is 23.1 Å². The molecular weight excluding hydrogens is 340 g/mol. The molecule has 0 unspecified atom stereocenters. The van der Waals surface area contributed by atoms with Gasteiger partial charge in [-0.15, -0.1) is 16.8 Å². The van der Waals surface area contributed by atoms with Crippen LogP contribution in [0.25, 0.3) is 6.08 Å². The van der Waals surface area contributed by atoms with Crippen LogP contribution >= 0.6 is 23.1 Å². The van der Waals surface area contributed by atoms with E-state index in [0.29, 0.717) is 21.7 Å². The van der Waals surface area contributed by atoms with Gasteiger partial charge in [-0.25, -0.2) is 0 Å². The van der Waals surface area contributed by atoms with Gasteiger partial charge in [0.05, 0.1) is 4.91 Å². The largest absolute Gasteiger partial charge is 0.282 e. The number of amides is 1. The van der Waals surface area contributed by atoms with Gasteiger partial charge in [-0.05, 0) is 29.8 Å². The number of hydrogen-bond acceptors (Lipinski definition) is 6. The van der Waals surface area contributed by atoms with Crippen molar-refractivity contribution >= 4 is 45.4 Å². The number of nitrogens with zero attached hydrogens (tertiary/aromatic N) is 4. The third-order valence-electron chi connectivity index (χ3n) is 3.25. The van der Waals surface area contributed by atoms with Crippen molar-refractivity contribution in [2.24, 2.45) is 4.99 Å². The Labute approximate surface area is 148 Å². The van der Waals surface area contributed by atoms with E-state index in [9.17, 15) is 4.79 Å². The van der Waals surface area contributed by atoms with E-state index in [2.05, 4.69) is 21.8 Å². The number of benzene rings is 1. The number of carbonyl (C=O) groups is 1. The summed E-state index contributed by atoms with van der Waals surface area (Å²) in [4.78, 5) is 19.4. The van der Waals surface area contributed by atoms with Crippen LogP contribution in [0.4, 0.5) is 5.13 Å². The van der Waals surface area contributed by atoms with Crippen molar-refractivity contribution < 1.29 is 4.79 Å². The summed E-state index contributed by atoms with van der Waals surface area (Å²) in [5.74, 6) is -0.0669. The van der Waals surface area contributed by atoms with Crippen molar-refractivity contribution in [1.29, 1.82) is 0 Å². The van der Waals surface area contributed by atoms with Crippen molar-refractivity contribution in [1.82, 2.24) is 15.1 Å². The third kappa shape index (κ3) is 3.63. The normalized spacial score (nSPS) is 17.9. The van der Waals surface area contributed by atoms with E-state index < -0.39 is 0 Å². The quantitative estimate of drug-likeness (QED) is 0.602. The molecule has 1 aliphatic heterocycles. The van der Waals surface area contributed by atoms with Crippen molar-refractivity contribution in [3.8, 4) is 0 Å². The van der Waals surface area contributed by atoms with Crippen LogP contribution in [0.5, 0.6) is 0 Å². The predicted molar refractivity (Wildman–Crippen MR) is 100 cm³/mol. The Balaban J connectivity index is 1.92. The van der Waals surface area contributed by atoms with Gasteiger partial charge in [0.15, 0.2) is 5.17 Å². The molecule has 2 heterocycles. The molecule has 1 saturated heterocycles. The Morgan fingerprint density at radius 2 is 2.08 bits per heavy atom. The first-order valence-corrected chi connectivity index (χ1v) is 9.13. The van der Waals surface area contributed by atoms with Crippen molar-refractivity contribution in [3.63, 3.8) is 0 Å². The number of carbonyl (C=O) groups excluding carboxylic acids is 1. The summed E-state index contributed by atoms with van der Waals surface area (Å²) in [7, 11) is 0. The third-order valence-corrected chi connectivity index (χ3v) is 5.22. The maximum absolute atomic E-state index is 12.6. The Bertz CT molecular complexity index is 811. The summed E-state index contributed by atoms with van der Waals surface area (Å²) in [5, 5.41) is 10.2. The lowest BCUT2D eigenvalue weighted by Gasteiger charge is -2.11. The number of aromatic nitrogens is 2. The fourth-order valence-electron chi connectivity index (χ4n) is 2.10. The predicted octanol–water partition coefficient (Wildman–Crippen LogP) is 3.89. The minimum atomic E-state index is -0.0669. The molecule has 0 aliphatic carbocycles. The Morgan fingerprint density at radius 1 is 1.29 bits per heavy atom. The van der Waals surface area contributed by atoms with Crippen LogP contribution in [-0.4, -0.2) is 32.7 Å². The van der Waals surface area contributed by atoms with Gasteiger partial charge in [0.1, 0.15) is 5.01 Å². The molecular formula is C17H16N4OS2. The highest BCUT2D eigenvalue weighted by Gasteiger charge is 2.32. The van der Waals surface area contributed by atoms with Crippen molar-refractivity contribution in [3.05, 3.63) is 58.5 Å². The molecule has 0 atom stereocenters. The lowest BCUT2D eigenvalue weighted by molar-refractivity contribution is -0.121. The lowest BCUT2D eigenvalue weighted by atomic mass is 10.2. The van der Waals surface area contributed by atoms with Crippen LogP contribution in [0.3, 0.4) is 0 Å². The number of amidine groups is 1. The molecule has 0 saturated carbocycles. The molecule has 0 spiro atoms. The molecule has 1 aliphatic rings. The minimum absolute atomic E-state index is 0.0669. The number of hydrogen-bond donors (Lipinski definition) is 0. The number of aryl methyl sites for hydroxylation is 1. The smallest absolute Gasteiger partial charge is 0.267 e. The van der Waals surface area contributed by atoms with Crippen LogP contribution < -0.4 is 0 Å². The molecule has 0 radical (unpaired) electrons. The zero-order chi connectivity index (χ0) is 16.9. The highest BCUT2D eigenvalue weighted by Crippen LogP contribution is 2.34. The number of thioether (sulfide) groups is 1. The van der Waals surface area contributed by atoms with Gasteiger partial charge in [0.2, 0.25) is 5.13 Å². The standard InChI is InChI=1S/C17H16N4OS2/c1-3-10-21-15(22)13(11-12-8-6-5-7-9-12)23-17(21)18-16-20-19-14(4-2)24-16/h3,5-9,11H,1,4,10H2,2H3/b13-11-,18-17?. The fraction of sp³-hybridized carbons (Fsp3) is 0.176. The zero-order valence-corrected chi connectivity index (χ0v) is 14.8. The molecule has 3 rings (SSSR count). The molecule has 122 valence electrons. The topological polar surface area (TPSA) is 58.5 Å². The first-order chi connectivity index (χ1) is 11.7. The monoisotopic (exact) mass is 356 g/mol. The van der Waals surface area contributed by atoms with Crippen LogP contribution in [0.15, 0.2) is 52.9 Å². The lowest BCUT2D eigenvalue weighted by Crippen LogP contribution is -2.29. The van der Waals surface area contributed by atoms with Gasteiger partial charge in [-0.2, -0.15) is 4.99 Å². The minimum Gasteiger partial charge on any atom is -0.282 e. The second-order valence-electron chi connectivity index (χ2n) is 4.95.